The minimum atomic E-state index is -0.797. The van der Waals surface area contributed by atoms with Gasteiger partial charge in [0.15, 0.2) is 0 Å². The molecular weight excluding hydrogens is 286 g/mol. The highest BCUT2D eigenvalue weighted by molar-refractivity contribution is 9.10. The SMILES string of the molecule is O=C(O)N1C2CC1CN(c1ccc(Br)cn1)C2. The number of piperidine rings is 1. The van der Waals surface area contributed by atoms with E-state index in [0.717, 1.165) is 29.8 Å². The van der Waals surface area contributed by atoms with Crippen molar-refractivity contribution in [2.45, 2.75) is 18.5 Å². The van der Waals surface area contributed by atoms with Crippen molar-refractivity contribution in [1.29, 1.82) is 0 Å². The van der Waals surface area contributed by atoms with Crippen LogP contribution in [0.25, 0.3) is 0 Å². The molecule has 4 rings (SSSR count). The molecule has 3 aliphatic heterocycles. The molecule has 3 fully saturated rings. The van der Waals surface area contributed by atoms with Gasteiger partial charge in [0.25, 0.3) is 0 Å². The van der Waals surface area contributed by atoms with Crippen molar-refractivity contribution < 1.29 is 9.90 Å². The Labute approximate surface area is 107 Å². The van der Waals surface area contributed by atoms with Crippen LogP contribution >= 0.6 is 15.9 Å². The first kappa shape index (κ1) is 10.8. The molecule has 1 amide bonds. The summed E-state index contributed by atoms with van der Waals surface area (Å²) in [6.07, 6.45) is 1.96. The minimum Gasteiger partial charge on any atom is -0.465 e. The predicted octanol–water partition coefficient (Wildman–Crippen LogP) is 1.79. The number of hydrogen-bond acceptors (Lipinski definition) is 3. The lowest BCUT2D eigenvalue weighted by molar-refractivity contribution is 0.0112. The largest absolute Gasteiger partial charge is 0.465 e. The number of fused-ring (bicyclic) bond motifs is 2. The number of anilines is 1. The highest BCUT2D eigenvalue weighted by Gasteiger charge is 2.47. The van der Waals surface area contributed by atoms with Crippen molar-refractivity contribution in [2.75, 3.05) is 18.0 Å². The molecule has 4 heterocycles. The van der Waals surface area contributed by atoms with Gasteiger partial charge >= 0.3 is 6.09 Å². The first-order valence-electron chi connectivity index (χ1n) is 5.53. The average molecular weight is 298 g/mol. The number of carboxylic acid groups (broad SMARTS) is 1. The molecule has 0 radical (unpaired) electrons. The van der Waals surface area contributed by atoms with Gasteiger partial charge in [-0.25, -0.2) is 9.78 Å². The quantitative estimate of drug-likeness (QED) is 0.858. The molecule has 2 bridgehead atoms. The molecule has 0 spiro atoms. The van der Waals surface area contributed by atoms with Crippen LogP contribution in [0.3, 0.4) is 0 Å². The summed E-state index contributed by atoms with van der Waals surface area (Å²) in [6, 6.07) is 4.19. The fourth-order valence-electron chi connectivity index (χ4n) is 2.66. The molecule has 2 atom stereocenters. The molecule has 90 valence electrons. The monoisotopic (exact) mass is 297 g/mol. The summed E-state index contributed by atoms with van der Waals surface area (Å²) in [5.74, 6) is 0.924. The first-order valence-corrected chi connectivity index (χ1v) is 6.32. The second-order valence-corrected chi connectivity index (χ2v) is 5.39. The van der Waals surface area contributed by atoms with E-state index in [1.165, 1.54) is 0 Å². The van der Waals surface area contributed by atoms with Gasteiger partial charge in [0.1, 0.15) is 5.82 Å². The Balaban J connectivity index is 1.74. The Morgan fingerprint density at radius 3 is 2.65 bits per heavy atom. The Bertz CT molecular complexity index is 439. The van der Waals surface area contributed by atoms with Gasteiger partial charge < -0.3 is 10.0 Å². The van der Waals surface area contributed by atoms with Gasteiger partial charge in [-0.1, -0.05) is 0 Å². The Morgan fingerprint density at radius 2 is 2.12 bits per heavy atom. The van der Waals surface area contributed by atoms with Crippen LogP contribution in [0.1, 0.15) is 6.42 Å². The lowest BCUT2D eigenvalue weighted by atomic mass is 9.88. The van der Waals surface area contributed by atoms with E-state index in [1.807, 2.05) is 12.1 Å². The minimum absolute atomic E-state index is 0.136. The third-order valence-corrected chi connectivity index (χ3v) is 3.92. The second-order valence-electron chi connectivity index (χ2n) is 4.47. The molecule has 1 N–H and O–H groups in total. The Hall–Kier alpha value is -1.30. The van der Waals surface area contributed by atoms with Crippen molar-refractivity contribution in [3.05, 3.63) is 22.8 Å². The van der Waals surface area contributed by atoms with E-state index in [-0.39, 0.29) is 12.1 Å². The van der Waals surface area contributed by atoms with E-state index in [9.17, 15) is 4.79 Å². The maximum Gasteiger partial charge on any atom is 0.407 e. The van der Waals surface area contributed by atoms with Crippen molar-refractivity contribution >= 4 is 27.8 Å². The van der Waals surface area contributed by atoms with Crippen LogP contribution in [0.2, 0.25) is 0 Å². The van der Waals surface area contributed by atoms with Crippen LogP contribution in [0.4, 0.5) is 10.6 Å². The molecular formula is C11H12BrN3O2. The van der Waals surface area contributed by atoms with Crippen molar-refractivity contribution in [1.82, 2.24) is 9.88 Å². The number of rotatable bonds is 1. The standard InChI is InChI=1S/C11H12BrN3O2/c12-7-1-2-10(13-4-7)14-5-8-3-9(6-14)15(8)11(16)17/h1-2,4,8-9H,3,5-6H2,(H,16,17). The predicted molar refractivity (Wildman–Crippen MR) is 66.2 cm³/mol. The molecule has 1 aromatic rings. The summed E-state index contributed by atoms with van der Waals surface area (Å²) < 4.78 is 0.954. The van der Waals surface area contributed by atoms with Gasteiger partial charge in [-0.15, -0.1) is 0 Å². The van der Waals surface area contributed by atoms with Gasteiger partial charge in [-0.2, -0.15) is 0 Å². The van der Waals surface area contributed by atoms with E-state index in [4.69, 9.17) is 5.11 Å². The summed E-state index contributed by atoms with van der Waals surface area (Å²) in [5.41, 5.74) is 0. The highest BCUT2D eigenvalue weighted by atomic mass is 79.9. The maximum absolute atomic E-state index is 11.0. The average Bonchev–Trinajstić information content (AvgIpc) is 2.29. The van der Waals surface area contributed by atoms with Crippen molar-refractivity contribution in [2.24, 2.45) is 0 Å². The van der Waals surface area contributed by atoms with E-state index >= 15 is 0 Å². The number of pyridine rings is 1. The van der Waals surface area contributed by atoms with Gasteiger partial charge in [0, 0.05) is 23.8 Å². The molecule has 0 aliphatic carbocycles. The van der Waals surface area contributed by atoms with Gasteiger partial charge in [0.2, 0.25) is 0 Å². The van der Waals surface area contributed by atoms with Crippen LogP contribution in [0.5, 0.6) is 0 Å². The number of carbonyl (C=O) groups is 1. The molecule has 5 nitrogen and oxygen atoms in total. The van der Waals surface area contributed by atoms with E-state index in [1.54, 1.807) is 11.1 Å². The molecule has 0 saturated carbocycles. The van der Waals surface area contributed by atoms with E-state index in [0.29, 0.717) is 0 Å². The summed E-state index contributed by atoms with van der Waals surface area (Å²) in [7, 11) is 0. The molecule has 0 aromatic carbocycles. The fourth-order valence-corrected chi connectivity index (χ4v) is 2.90. The van der Waals surface area contributed by atoms with Gasteiger partial charge in [-0.3, -0.25) is 4.90 Å². The summed E-state index contributed by atoms with van der Waals surface area (Å²) in [5, 5.41) is 9.02. The van der Waals surface area contributed by atoms with Crippen LogP contribution < -0.4 is 4.90 Å². The zero-order chi connectivity index (χ0) is 12.0. The second kappa shape index (κ2) is 3.87. The Kier molecular flexibility index (Phi) is 2.47. The first-order chi connectivity index (χ1) is 8.15. The van der Waals surface area contributed by atoms with Crippen LogP contribution in [0, 0.1) is 0 Å². The molecule has 1 aromatic heterocycles. The molecule has 3 aliphatic rings. The van der Waals surface area contributed by atoms with Crippen molar-refractivity contribution in [3.63, 3.8) is 0 Å². The van der Waals surface area contributed by atoms with Gasteiger partial charge in [-0.05, 0) is 34.5 Å². The molecule has 17 heavy (non-hydrogen) atoms. The summed E-state index contributed by atoms with van der Waals surface area (Å²) in [4.78, 5) is 19.0. The topological polar surface area (TPSA) is 56.7 Å². The summed E-state index contributed by atoms with van der Waals surface area (Å²) in [6.45, 7) is 1.49. The van der Waals surface area contributed by atoms with Crippen LogP contribution in [0.15, 0.2) is 22.8 Å². The zero-order valence-electron chi connectivity index (χ0n) is 9.08. The molecule has 3 saturated heterocycles. The highest BCUT2D eigenvalue weighted by Crippen LogP contribution is 2.34. The van der Waals surface area contributed by atoms with Gasteiger partial charge in [0.05, 0.1) is 12.1 Å². The number of nitrogens with zero attached hydrogens (tertiary/aromatic N) is 3. The number of halogens is 1. The lowest BCUT2D eigenvalue weighted by Crippen LogP contribution is -2.70. The number of piperazine rings is 1. The zero-order valence-corrected chi connectivity index (χ0v) is 10.7. The normalized spacial score (nSPS) is 26.6. The fraction of sp³-hybridized carbons (Fsp3) is 0.455. The smallest absolute Gasteiger partial charge is 0.407 e. The number of aromatic nitrogens is 1. The van der Waals surface area contributed by atoms with Crippen LogP contribution in [-0.2, 0) is 0 Å². The maximum atomic E-state index is 11.0. The van der Waals surface area contributed by atoms with Crippen LogP contribution in [-0.4, -0.2) is 46.3 Å². The van der Waals surface area contributed by atoms with Crippen molar-refractivity contribution in [3.8, 4) is 0 Å². The number of amides is 1. The lowest BCUT2D eigenvalue weighted by Gasteiger charge is -2.55. The third kappa shape index (κ3) is 1.76. The summed E-state index contributed by atoms with van der Waals surface area (Å²) >= 11 is 3.35. The number of hydrogen-bond donors (Lipinski definition) is 1. The van der Waals surface area contributed by atoms with E-state index < -0.39 is 6.09 Å². The molecule has 6 heteroatoms. The Morgan fingerprint density at radius 1 is 1.41 bits per heavy atom. The third-order valence-electron chi connectivity index (χ3n) is 3.45. The molecule has 2 unspecified atom stereocenters. The van der Waals surface area contributed by atoms with E-state index in [2.05, 4.69) is 25.8 Å².